The molecule has 0 radical (unpaired) electrons. The zero-order chi connectivity index (χ0) is 15.3. The molecule has 3 nitrogen and oxygen atoms in total. The minimum atomic E-state index is 0.291. The summed E-state index contributed by atoms with van der Waals surface area (Å²) in [5.74, 6) is 0.730. The molecule has 1 aromatic rings. The Bertz CT molecular complexity index is 414. The van der Waals surface area contributed by atoms with Crippen molar-refractivity contribution in [3.8, 4) is 0 Å². The number of hydrogen-bond acceptors (Lipinski definition) is 3. The minimum absolute atomic E-state index is 0.291. The molecule has 2 unspecified atom stereocenters. The minimum Gasteiger partial charge on any atom is -0.311 e. The van der Waals surface area contributed by atoms with Crippen molar-refractivity contribution in [3.63, 3.8) is 0 Å². The Labute approximate surface area is 130 Å². The first-order valence-corrected chi connectivity index (χ1v) is 8.52. The Balaban J connectivity index is 2.16. The summed E-state index contributed by atoms with van der Waals surface area (Å²) in [4.78, 5) is 6.98. The summed E-state index contributed by atoms with van der Waals surface area (Å²) < 4.78 is 0. The van der Waals surface area contributed by atoms with Gasteiger partial charge in [0, 0.05) is 43.6 Å². The fraction of sp³-hybridized carbons (Fsp3) is 0.722. The maximum atomic E-state index is 4.28. The van der Waals surface area contributed by atoms with E-state index in [-0.39, 0.29) is 0 Å². The SMILES string of the molecule is CCC(C)C1CN(Cc2cccnc2)C(CC)(CC)CN1. The van der Waals surface area contributed by atoms with Crippen LogP contribution in [-0.4, -0.2) is 34.6 Å². The Morgan fingerprint density at radius 2 is 2.14 bits per heavy atom. The van der Waals surface area contributed by atoms with Gasteiger partial charge in [-0.25, -0.2) is 0 Å². The van der Waals surface area contributed by atoms with E-state index >= 15 is 0 Å². The van der Waals surface area contributed by atoms with Crippen molar-refractivity contribution in [3.05, 3.63) is 30.1 Å². The second kappa shape index (κ2) is 7.37. The van der Waals surface area contributed by atoms with Gasteiger partial charge in [-0.05, 0) is 30.4 Å². The van der Waals surface area contributed by atoms with Gasteiger partial charge in [0.2, 0.25) is 0 Å². The number of piperazine rings is 1. The summed E-state index contributed by atoms with van der Waals surface area (Å²) in [6.45, 7) is 12.6. The molecule has 21 heavy (non-hydrogen) atoms. The summed E-state index contributed by atoms with van der Waals surface area (Å²) in [5, 5.41) is 3.82. The molecule has 0 amide bonds. The largest absolute Gasteiger partial charge is 0.311 e. The molecule has 1 fully saturated rings. The van der Waals surface area contributed by atoms with Crippen LogP contribution in [-0.2, 0) is 6.54 Å². The first-order chi connectivity index (χ1) is 10.1. The molecular weight excluding hydrogens is 258 g/mol. The van der Waals surface area contributed by atoms with E-state index in [1.165, 1.54) is 24.8 Å². The van der Waals surface area contributed by atoms with Gasteiger partial charge in [0.1, 0.15) is 0 Å². The van der Waals surface area contributed by atoms with Crippen LogP contribution < -0.4 is 5.32 Å². The molecule has 2 heterocycles. The predicted octanol–water partition coefficient (Wildman–Crippen LogP) is 3.46. The number of rotatable bonds is 6. The van der Waals surface area contributed by atoms with E-state index in [1.807, 2.05) is 18.5 Å². The van der Waals surface area contributed by atoms with Crippen LogP contribution in [0.4, 0.5) is 0 Å². The second-order valence-corrected chi connectivity index (χ2v) is 6.55. The fourth-order valence-electron chi connectivity index (χ4n) is 3.49. The lowest BCUT2D eigenvalue weighted by atomic mass is 9.84. The molecule has 0 saturated carbocycles. The first kappa shape index (κ1) is 16.4. The van der Waals surface area contributed by atoms with Gasteiger partial charge in [-0.3, -0.25) is 9.88 Å². The second-order valence-electron chi connectivity index (χ2n) is 6.55. The van der Waals surface area contributed by atoms with E-state index in [1.54, 1.807) is 0 Å². The molecule has 0 aliphatic carbocycles. The summed E-state index contributed by atoms with van der Waals surface area (Å²) in [6, 6.07) is 4.85. The van der Waals surface area contributed by atoms with Gasteiger partial charge >= 0.3 is 0 Å². The maximum absolute atomic E-state index is 4.28. The lowest BCUT2D eigenvalue weighted by Crippen LogP contribution is -2.65. The number of hydrogen-bond donors (Lipinski definition) is 1. The molecule has 2 rings (SSSR count). The van der Waals surface area contributed by atoms with Crippen LogP contribution in [0.25, 0.3) is 0 Å². The number of nitrogens with one attached hydrogen (secondary N) is 1. The lowest BCUT2D eigenvalue weighted by Gasteiger charge is -2.51. The molecule has 0 spiro atoms. The van der Waals surface area contributed by atoms with Crippen LogP contribution in [0.5, 0.6) is 0 Å². The molecule has 1 saturated heterocycles. The molecule has 1 aliphatic rings. The van der Waals surface area contributed by atoms with E-state index in [2.05, 4.69) is 49.0 Å². The van der Waals surface area contributed by atoms with Crippen molar-refractivity contribution in [1.29, 1.82) is 0 Å². The average Bonchev–Trinajstić information content (AvgIpc) is 2.55. The van der Waals surface area contributed by atoms with E-state index in [4.69, 9.17) is 0 Å². The molecule has 1 N–H and O–H groups in total. The molecule has 3 heteroatoms. The topological polar surface area (TPSA) is 28.2 Å². The predicted molar refractivity (Wildman–Crippen MR) is 89.2 cm³/mol. The van der Waals surface area contributed by atoms with Crippen LogP contribution in [0.1, 0.15) is 52.5 Å². The Morgan fingerprint density at radius 3 is 2.71 bits per heavy atom. The molecule has 1 aromatic heterocycles. The first-order valence-electron chi connectivity index (χ1n) is 8.52. The van der Waals surface area contributed by atoms with E-state index in [0.29, 0.717) is 11.6 Å². The van der Waals surface area contributed by atoms with Gasteiger partial charge in [0.25, 0.3) is 0 Å². The van der Waals surface area contributed by atoms with E-state index < -0.39 is 0 Å². The third-order valence-electron chi connectivity index (χ3n) is 5.52. The zero-order valence-electron chi connectivity index (χ0n) is 14.1. The summed E-state index contributed by atoms with van der Waals surface area (Å²) in [5.41, 5.74) is 1.62. The quantitative estimate of drug-likeness (QED) is 0.869. The summed E-state index contributed by atoms with van der Waals surface area (Å²) in [7, 11) is 0. The average molecular weight is 289 g/mol. The lowest BCUT2D eigenvalue weighted by molar-refractivity contribution is 0.0135. The van der Waals surface area contributed by atoms with Crippen molar-refractivity contribution in [1.82, 2.24) is 15.2 Å². The monoisotopic (exact) mass is 289 g/mol. The van der Waals surface area contributed by atoms with E-state index in [0.717, 1.165) is 25.6 Å². The van der Waals surface area contributed by atoms with Gasteiger partial charge in [0.15, 0.2) is 0 Å². The molecule has 1 aliphatic heterocycles. The van der Waals surface area contributed by atoms with Crippen LogP contribution in [0, 0.1) is 5.92 Å². The maximum Gasteiger partial charge on any atom is 0.0333 e. The Kier molecular flexibility index (Phi) is 5.77. The third-order valence-corrected chi connectivity index (χ3v) is 5.52. The smallest absolute Gasteiger partial charge is 0.0333 e. The molecule has 0 aromatic carbocycles. The zero-order valence-corrected chi connectivity index (χ0v) is 14.1. The molecule has 118 valence electrons. The molecule has 2 atom stereocenters. The molecule has 0 bridgehead atoms. The fourth-order valence-corrected chi connectivity index (χ4v) is 3.49. The van der Waals surface area contributed by atoms with Gasteiger partial charge < -0.3 is 5.32 Å². The van der Waals surface area contributed by atoms with Crippen molar-refractivity contribution in [2.75, 3.05) is 13.1 Å². The summed E-state index contributed by atoms with van der Waals surface area (Å²) in [6.07, 6.45) is 7.50. The number of aromatic nitrogens is 1. The van der Waals surface area contributed by atoms with Crippen molar-refractivity contribution in [2.45, 2.75) is 65.1 Å². The van der Waals surface area contributed by atoms with Crippen molar-refractivity contribution < 1.29 is 0 Å². The standard InChI is InChI=1S/C18H31N3/c1-5-15(4)17-13-21(12-16-9-8-10-19-11-16)18(6-2,7-3)14-20-17/h8-11,15,17,20H,5-7,12-14H2,1-4H3. The Hall–Kier alpha value is -0.930. The van der Waals surface area contributed by atoms with Crippen molar-refractivity contribution in [2.24, 2.45) is 5.92 Å². The normalized spacial score (nSPS) is 23.9. The highest BCUT2D eigenvalue weighted by Crippen LogP contribution is 2.30. The van der Waals surface area contributed by atoms with Gasteiger partial charge in [0.05, 0.1) is 0 Å². The van der Waals surface area contributed by atoms with Gasteiger partial charge in [-0.2, -0.15) is 0 Å². The summed E-state index contributed by atoms with van der Waals surface area (Å²) >= 11 is 0. The number of nitrogens with zero attached hydrogens (tertiary/aromatic N) is 2. The number of pyridine rings is 1. The van der Waals surface area contributed by atoms with Crippen LogP contribution in [0.3, 0.4) is 0 Å². The van der Waals surface area contributed by atoms with Gasteiger partial charge in [-0.15, -0.1) is 0 Å². The highest BCUT2D eigenvalue weighted by molar-refractivity contribution is 5.10. The van der Waals surface area contributed by atoms with E-state index in [9.17, 15) is 0 Å². The molecular formula is C18H31N3. The highest BCUT2D eigenvalue weighted by atomic mass is 15.3. The highest BCUT2D eigenvalue weighted by Gasteiger charge is 2.39. The van der Waals surface area contributed by atoms with Gasteiger partial charge in [-0.1, -0.05) is 40.2 Å². The van der Waals surface area contributed by atoms with Crippen molar-refractivity contribution >= 4 is 0 Å². The van der Waals surface area contributed by atoms with Crippen LogP contribution in [0.15, 0.2) is 24.5 Å². The van der Waals surface area contributed by atoms with Crippen LogP contribution in [0.2, 0.25) is 0 Å². The third kappa shape index (κ3) is 3.64. The Morgan fingerprint density at radius 1 is 1.38 bits per heavy atom. The van der Waals surface area contributed by atoms with Crippen LogP contribution >= 0.6 is 0 Å².